The van der Waals surface area contributed by atoms with Crippen LogP contribution in [-0.4, -0.2) is 9.78 Å². The van der Waals surface area contributed by atoms with Crippen molar-refractivity contribution in [2.75, 3.05) is 0 Å². The van der Waals surface area contributed by atoms with E-state index in [2.05, 4.69) is 78.4 Å². The Hall–Kier alpha value is -2.13. The monoisotopic (exact) mass is 313 g/mol. The first-order valence-electron chi connectivity index (χ1n) is 7.22. The Kier molecular flexibility index (Phi) is 5.34. The number of hydrogen-bond donors (Lipinski definition) is 0. The van der Waals surface area contributed by atoms with Crippen LogP contribution in [0.3, 0.4) is 0 Å². The van der Waals surface area contributed by atoms with Crippen LogP contribution in [0.2, 0.25) is 0 Å². The van der Waals surface area contributed by atoms with Gasteiger partial charge in [0.25, 0.3) is 6.33 Å². The van der Waals surface area contributed by atoms with Gasteiger partial charge >= 0.3 is 0 Å². The van der Waals surface area contributed by atoms with Crippen LogP contribution in [0.4, 0.5) is 0 Å². The van der Waals surface area contributed by atoms with E-state index in [1.54, 1.807) is 0 Å². The molecule has 2 aromatic carbocycles. The van der Waals surface area contributed by atoms with E-state index >= 15 is 0 Å². The van der Waals surface area contributed by atoms with Gasteiger partial charge in [0.15, 0.2) is 0 Å². The Morgan fingerprint density at radius 1 is 1.05 bits per heavy atom. The summed E-state index contributed by atoms with van der Waals surface area (Å²) in [7, 11) is 0. The smallest absolute Gasteiger partial charge is 0.265 e. The summed E-state index contributed by atoms with van der Waals surface area (Å²) in [5.41, 5.74) is 5.21. The molecule has 0 atom stereocenters. The van der Waals surface area contributed by atoms with Crippen LogP contribution in [0, 0.1) is 13.8 Å². The van der Waals surface area contributed by atoms with Crippen molar-refractivity contribution in [3.05, 3.63) is 83.4 Å². The standard InChI is InChI=1S/C18H20N3.ClH/c1-15-6-5-8-17(10-15)11-20-13-19-21(14-20)12-18-9-4-3-7-16(18)2;/h3-10,13-14H,11-12H2,1-2H3;1H/q+1;/p-1. The van der Waals surface area contributed by atoms with Crippen LogP contribution >= 0.6 is 0 Å². The van der Waals surface area contributed by atoms with Gasteiger partial charge in [-0.1, -0.05) is 54.1 Å². The predicted molar refractivity (Wildman–Crippen MR) is 83.0 cm³/mol. The van der Waals surface area contributed by atoms with Crippen molar-refractivity contribution >= 4 is 0 Å². The zero-order valence-corrected chi connectivity index (χ0v) is 13.7. The van der Waals surface area contributed by atoms with Crippen LogP contribution < -0.4 is 17.0 Å². The molecule has 1 aromatic heterocycles. The highest BCUT2D eigenvalue weighted by molar-refractivity contribution is 5.25. The summed E-state index contributed by atoms with van der Waals surface area (Å²) in [6.45, 7) is 5.93. The summed E-state index contributed by atoms with van der Waals surface area (Å²) in [5.74, 6) is 0. The van der Waals surface area contributed by atoms with E-state index in [0.29, 0.717) is 0 Å². The molecule has 4 heteroatoms. The van der Waals surface area contributed by atoms with Crippen molar-refractivity contribution in [1.29, 1.82) is 0 Å². The van der Waals surface area contributed by atoms with E-state index in [4.69, 9.17) is 0 Å². The molecule has 0 N–H and O–H groups in total. The molecule has 0 radical (unpaired) electrons. The first kappa shape index (κ1) is 16.2. The average Bonchev–Trinajstić information content (AvgIpc) is 2.89. The minimum absolute atomic E-state index is 0. The van der Waals surface area contributed by atoms with Gasteiger partial charge in [0.2, 0.25) is 6.33 Å². The van der Waals surface area contributed by atoms with E-state index in [0.717, 1.165) is 13.1 Å². The zero-order chi connectivity index (χ0) is 14.7. The average molecular weight is 314 g/mol. The fourth-order valence-corrected chi connectivity index (χ4v) is 2.51. The van der Waals surface area contributed by atoms with Crippen LogP contribution in [-0.2, 0) is 13.1 Å². The van der Waals surface area contributed by atoms with E-state index in [1.807, 2.05) is 11.0 Å². The highest BCUT2D eigenvalue weighted by Gasteiger charge is 2.08. The van der Waals surface area contributed by atoms with Crippen molar-refractivity contribution in [3.8, 4) is 0 Å². The number of halogens is 1. The number of benzene rings is 2. The molecule has 3 nitrogen and oxygen atoms in total. The molecule has 3 aromatic rings. The molecule has 0 aliphatic rings. The van der Waals surface area contributed by atoms with Gasteiger partial charge in [-0.25, -0.2) is 4.57 Å². The number of aryl methyl sites for hydroxylation is 2. The summed E-state index contributed by atoms with van der Waals surface area (Å²) in [6, 6.07) is 17.0. The Morgan fingerprint density at radius 2 is 1.86 bits per heavy atom. The number of rotatable bonds is 4. The Balaban J connectivity index is 0.00000176. The van der Waals surface area contributed by atoms with Gasteiger partial charge in [0.1, 0.15) is 6.54 Å². The maximum Gasteiger partial charge on any atom is 0.265 e. The second-order valence-electron chi connectivity index (χ2n) is 5.53. The third-order valence-electron chi connectivity index (χ3n) is 3.67. The van der Waals surface area contributed by atoms with Crippen LogP contribution in [0.1, 0.15) is 22.3 Å². The lowest BCUT2D eigenvalue weighted by Crippen LogP contribution is -3.00. The SMILES string of the molecule is Cc1cccc(C[n+]2cnn(Cc3ccccc3C)c2)c1.[Cl-]. The largest absolute Gasteiger partial charge is 1.00 e. The quantitative estimate of drug-likeness (QED) is 0.616. The summed E-state index contributed by atoms with van der Waals surface area (Å²) in [6.07, 6.45) is 3.95. The maximum absolute atomic E-state index is 4.45. The van der Waals surface area contributed by atoms with Gasteiger partial charge in [0, 0.05) is 5.10 Å². The van der Waals surface area contributed by atoms with Crippen LogP contribution in [0.15, 0.2) is 61.2 Å². The molecular weight excluding hydrogens is 294 g/mol. The molecule has 1 heterocycles. The molecule has 0 bridgehead atoms. The number of aromatic nitrogens is 3. The molecule has 22 heavy (non-hydrogen) atoms. The predicted octanol–water partition coefficient (Wildman–Crippen LogP) is -0.112. The van der Waals surface area contributed by atoms with E-state index in [-0.39, 0.29) is 12.4 Å². The van der Waals surface area contributed by atoms with E-state index in [9.17, 15) is 0 Å². The normalized spacial score (nSPS) is 10.3. The zero-order valence-electron chi connectivity index (χ0n) is 12.9. The first-order chi connectivity index (χ1) is 10.2. The van der Waals surface area contributed by atoms with Crippen LogP contribution in [0.25, 0.3) is 0 Å². The van der Waals surface area contributed by atoms with Gasteiger partial charge in [-0.15, -0.1) is 4.68 Å². The molecule has 0 unspecified atom stereocenters. The van der Waals surface area contributed by atoms with Crippen molar-refractivity contribution < 1.29 is 17.0 Å². The van der Waals surface area contributed by atoms with Gasteiger partial charge < -0.3 is 12.4 Å². The fourth-order valence-electron chi connectivity index (χ4n) is 2.51. The molecule has 3 rings (SSSR count). The van der Waals surface area contributed by atoms with Gasteiger partial charge in [-0.3, -0.25) is 0 Å². The fraction of sp³-hybridized carbons (Fsp3) is 0.222. The van der Waals surface area contributed by atoms with Gasteiger partial charge in [-0.2, -0.15) is 0 Å². The minimum atomic E-state index is 0. The third-order valence-corrected chi connectivity index (χ3v) is 3.67. The number of nitrogens with zero attached hydrogens (tertiary/aromatic N) is 3. The van der Waals surface area contributed by atoms with E-state index in [1.165, 1.54) is 22.3 Å². The summed E-state index contributed by atoms with van der Waals surface area (Å²) in [4.78, 5) is 0. The molecular formula is C18H20ClN3. The summed E-state index contributed by atoms with van der Waals surface area (Å²) in [5, 5.41) is 4.45. The molecule has 0 saturated carbocycles. The van der Waals surface area contributed by atoms with Crippen molar-refractivity contribution in [2.24, 2.45) is 0 Å². The highest BCUT2D eigenvalue weighted by Crippen LogP contribution is 2.08. The lowest BCUT2D eigenvalue weighted by molar-refractivity contribution is -0.689. The molecule has 0 saturated heterocycles. The lowest BCUT2D eigenvalue weighted by atomic mass is 10.1. The van der Waals surface area contributed by atoms with Crippen molar-refractivity contribution in [2.45, 2.75) is 26.9 Å². The third kappa shape index (κ3) is 3.95. The molecule has 0 fully saturated rings. The van der Waals surface area contributed by atoms with E-state index < -0.39 is 0 Å². The molecule has 0 aliphatic carbocycles. The molecule has 0 amide bonds. The Morgan fingerprint density at radius 3 is 2.64 bits per heavy atom. The molecule has 0 spiro atoms. The topological polar surface area (TPSA) is 21.7 Å². The highest BCUT2D eigenvalue weighted by atomic mass is 35.5. The maximum atomic E-state index is 4.45. The van der Waals surface area contributed by atoms with Crippen molar-refractivity contribution in [1.82, 2.24) is 9.78 Å². The van der Waals surface area contributed by atoms with Gasteiger partial charge in [-0.05, 0) is 30.5 Å². The molecule has 0 aliphatic heterocycles. The Labute approximate surface area is 137 Å². The van der Waals surface area contributed by atoms with Crippen molar-refractivity contribution in [3.63, 3.8) is 0 Å². The first-order valence-corrected chi connectivity index (χ1v) is 7.22. The summed E-state index contributed by atoms with van der Waals surface area (Å²) >= 11 is 0. The second-order valence-corrected chi connectivity index (χ2v) is 5.53. The minimum Gasteiger partial charge on any atom is -1.00 e. The Bertz CT molecular complexity index is 749. The summed E-state index contributed by atoms with van der Waals surface area (Å²) < 4.78 is 4.10. The number of hydrogen-bond acceptors (Lipinski definition) is 1. The molecule has 114 valence electrons. The second kappa shape index (κ2) is 7.23. The van der Waals surface area contributed by atoms with Gasteiger partial charge in [0.05, 0.1) is 6.54 Å². The lowest BCUT2D eigenvalue weighted by Gasteiger charge is -2.01. The van der Waals surface area contributed by atoms with Crippen LogP contribution in [0.5, 0.6) is 0 Å².